The summed E-state index contributed by atoms with van der Waals surface area (Å²) >= 11 is 0. The zero-order valence-corrected chi connectivity index (χ0v) is 20.8. The van der Waals surface area contributed by atoms with Gasteiger partial charge in [0.2, 0.25) is 0 Å². The highest BCUT2D eigenvalue weighted by molar-refractivity contribution is 6.35. The van der Waals surface area contributed by atoms with Crippen LogP contribution in [0.2, 0.25) is 0 Å². The number of methoxy groups -OCH3 is 2. The number of nitrogens with one attached hydrogen (secondary N) is 4. The van der Waals surface area contributed by atoms with Crippen LogP contribution in [-0.2, 0) is 38.2 Å². The van der Waals surface area contributed by atoms with E-state index in [4.69, 9.17) is 0 Å². The van der Waals surface area contributed by atoms with Crippen molar-refractivity contribution >= 4 is 35.6 Å². The first-order valence-electron chi connectivity index (χ1n) is 11.3. The topological polar surface area (TPSA) is 169 Å². The van der Waals surface area contributed by atoms with Crippen molar-refractivity contribution in [1.29, 1.82) is 0 Å². The summed E-state index contributed by atoms with van der Waals surface area (Å²) in [6.45, 7) is 7.78. The molecule has 0 rings (SSSR count). The third kappa shape index (κ3) is 12.8. The molecule has 0 spiro atoms. The Morgan fingerprint density at radius 3 is 1.18 bits per heavy atom. The quantitative estimate of drug-likeness (QED) is 0.152. The van der Waals surface area contributed by atoms with Crippen LogP contribution in [0.5, 0.6) is 0 Å². The fraction of sp³-hybridized carbons (Fsp3) is 0.727. The Morgan fingerprint density at radius 2 is 0.912 bits per heavy atom. The van der Waals surface area contributed by atoms with Crippen LogP contribution in [-0.4, -0.2) is 75.0 Å². The molecule has 4 amide bonds. The summed E-state index contributed by atoms with van der Waals surface area (Å²) < 4.78 is 9.28. The summed E-state index contributed by atoms with van der Waals surface area (Å²) in [6, 6.07) is -1.83. The molecule has 0 aliphatic carbocycles. The van der Waals surface area contributed by atoms with Gasteiger partial charge in [-0.3, -0.25) is 19.2 Å². The van der Waals surface area contributed by atoms with E-state index in [1.807, 2.05) is 27.7 Å². The lowest BCUT2D eigenvalue weighted by Crippen LogP contribution is -2.49. The van der Waals surface area contributed by atoms with Crippen molar-refractivity contribution in [3.8, 4) is 0 Å². The molecule has 0 fully saturated rings. The number of amides is 4. The lowest BCUT2D eigenvalue weighted by molar-refractivity contribution is -0.147. The van der Waals surface area contributed by atoms with Crippen LogP contribution in [0.25, 0.3) is 0 Å². The van der Waals surface area contributed by atoms with E-state index in [9.17, 15) is 28.8 Å². The average Bonchev–Trinajstić information content (AvgIpc) is 2.77. The second-order valence-electron chi connectivity index (χ2n) is 8.58. The van der Waals surface area contributed by atoms with Crippen LogP contribution >= 0.6 is 0 Å². The van der Waals surface area contributed by atoms with Crippen molar-refractivity contribution in [3.05, 3.63) is 0 Å². The van der Waals surface area contributed by atoms with Gasteiger partial charge in [-0.2, -0.15) is 0 Å². The highest BCUT2D eigenvalue weighted by Gasteiger charge is 2.26. The van der Waals surface area contributed by atoms with Gasteiger partial charge in [0.15, 0.2) is 0 Å². The summed E-state index contributed by atoms with van der Waals surface area (Å²) in [4.78, 5) is 71.3. The van der Waals surface area contributed by atoms with E-state index in [0.717, 1.165) is 0 Å². The van der Waals surface area contributed by atoms with Crippen molar-refractivity contribution in [1.82, 2.24) is 21.3 Å². The molecule has 0 aliphatic rings. The number of rotatable bonds is 13. The summed E-state index contributed by atoms with van der Waals surface area (Å²) in [5, 5.41) is 9.57. The van der Waals surface area contributed by atoms with Crippen molar-refractivity contribution in [2.24, 2.45) is 11.8 Å². The van der Waals surface area contributed by atoms with Crippen LogP contribution in [0.3, 0.4) is 0 Å². The zero-order valence-electron chi connectivity index (χ0n) is 20.8. The lowest BCUT2D eigenvalue weighted by atomic mass is 10.0. The predicted octanol–water partition coefficient (Wildman–Crippen LogP) is -0.593. The Kier molecular flexibility index (Phi) is 14.9. The van der Waals surface area contributed by atoms with Gasteiger partial charge >= 0.3 is 35.6 Å². The molecule has 0 aromatic rings. The Balaban J connectivity index is 4.31. The molecule has 0 saturated heterocycles. The molecular weight excluding hydrogens is 448 g/mol. The minimum Gasteiger partial charge on any atom is -0.467 e. The fourth-order valence-corrected chi connectivity index (χ4v) is 2.92. The molecule has 0 aromatic carbocycles. The van der Waals surface area contributed by atoms with E-state index in [1.54, 1.807) is 0 Å². The highest BCUT2D eigenvalue weighted by atomic mass is 16.5. The minimum absolute atomic E-state index is 0.103. The molecule has 12 heteroatoms. The maximum atomic E-state index is 12.0. The number of hydrogen-bond acceptors (Lipinski definition) is 8. The van der Waals surface area contributed by atoms with E-state index in [0.29, 0.717) is 25.7 Å². The molecule has 34 heavy (non-hydrogen) atoms. The second kappa shape index (κ2) is 16.4. The number of unbranched alkanes of at least 4 members (excludes halogenated alkanes) is 1. The number of hydrogen-bond donors (Lipinski definition) is 4. The van der Waals surface area contributed by atoms with Gasteiger partial charge in [0, 0.05) is 13.1 Å². The highest BCUT2D eigenvalue weighted by Crippen LogP contribution is 2.07. The van der Waals surface area contributed by atoms with Gasteiger partial charge in [-0.15, -0.1) is 0 Å². The van der Waals surface area contributed by atoms with Gasteiger partial charge in [-0.25, -0.2) is 9.59 Å². The molecule has 2 atom stereocenters. The van der Waals surface area contributed by atoms with Gasteiger partial charge in [0.1, 0.15) is 12.1 Å². The van der Waals surface area contributed by atoms with Crippen LogP contribution in [0.15, 0.2) is 0 Å². The third-order valence-corrected chi connectivity index (χ3v) is 4.58. The summed E-state index contributed by atoms with van der Waals surface area (Å²) in [5.41, 5.74) is 0. The van der Waals surface area contributed by atoms with Crippen LogP contribution in [0.1, 0.15) is 53.4 Å². The molecule has 0 saturated carbocycles. The average molecular weight is 487 g/mol. The van der Waals surface area contributed by atoms with E-state index in [-0.39, 0.29) is 24.9 Å². The third-order valence-electron chi connectivity index (χ3n) is 4.58. The van der Waals surface area contributed by atoms with Gasteiger partial charge in [-0.05, 0) is 37.5 Å². The molecule has 0 heterocycles. The van der Waals surface area contributed by atoms with E-state index < -0.39 is 47.7 Å². The van der Waals surface area contributed by atoms with Gasteiger partial charge < -0.3 is 30.7 Å². The number of esters is 2. The van der Waals surface area contributed by atoms with Gasteiger partial charge in [0.25, 0.3) is 0 Å². The fourth-order valence-electron chi connectivity index (χ4n) is 2.92. The van der Waals surface area contributed by atoms with Crippen molar-refractivity contribution in [2.45, 2.75) is 65.5 Å². The zero-order chi connectivity index (χ0) is 26.3. The smallest absolute Gasteiger partial charge is 0.328 e. The Bertz CT molecular complexity index is 664. The molecule has 0 aromatic heterocycles. The maximum absolute atomic E-state index is 12.0. The molecule has 4 N–H and O–H groups in total. The molecule has 0 aliphatic heterocycles. The van der Waals surface area contributed by atoms with Crippen LogP contribution in [0, 0.1) is 11.8 Å². The predicted molar refractivity (Wildman–Crippen MR) is 122 cm³/mol. The SMILES string of the molecule is COC(=O)C(CC(C)C)NC(=O)C(=O)NCCCCNC(=O)C(=O)NC(CC(C)C)C(=O)OC. The lowest BCUT2D eigenvalue weighted by Gasteiger charge is -2.18. The van der Waals surface area contributed by atoms with Crippen LogP contribution < -0.4 is 21.3 Å². The normalized spacial score (nSPS) is 12.4. The monoisotopic (exact) mass is 486 g/mol. The first-order valence-corrected chi connectivity index (χ1v) is 11.3. The van der Waals surface area contributed by atoms with E-state index in [1.165, 1.54) is 14.2 Å². The van der Waals surface area contributed by atoms with Crippen molar-refractivity contribution in [2.75, 3.05) is 27.3 Å². The first-order chi connectivity index (χ1) is 15.9. The van der Waals surface area contributed by atoms with Gasteiger partial charge in [0.05, 0.1) is 14.2 Å². The number of ether oxygens (including phenoxy) is 2. The van der Waals surface area contributed by atoms with E-state index >= 15 is 0 Å². The van der Waals surface area contributed by atoms with Crippen molar-refractivity contribution < 1.29 is 38.2 Å². The Hall–Kier alpha value is -3.18. The molecule has 0 bridgehead atoms. The molecule has 2 unspecified atom stereocenters. The van der Waals surface area contributed by atoms with Crippen molar-refractivity contribution in [3.63, 3.8) is 0 Å². The Labute approximate surface area is 200 Å². The standard InChI is InChI=1S/C22H38N4O8/c1-13(2)11-15(21(31)33-5)25-19(29)17(27)23-9-7-8-10-24-18(28)20(30)26-16(12-14(3)4)22(32)34-6/h13-16H,7-12H2,1-6H3,(H,23,27)(H,24,28)(H,25,29)(H,26,30). The number of carbonyl (C=O) groups is 6. The minimum atomic E-state index is -0.942. The first kappa shape index (κ1) is 30.8. The maximum Gasteiger partial charge on any atom is 0.328 e. The largest absolute Gasteiger partial charge is 0.467 e. The second-order valence-corrected chi connectivity index (χ2v) is 8.58. The van der Waals surface area contributed by atoms with Gasteiger partial charge in [-0.1, -0.05) is 27.7 Å². The summed E-state index contributed by atoms with van der Waals surface area (Å²) in [7, 11) is 2.40. The van der Waals surface area contributed by atoms with Crippen LogP contribution in [0.4, 0.5) is 0 Å². The Morgan fingerprint density at radius 1 is 0.588 bits per heavy atom. The number of carbonyl (C=O) groups excluding carboxylic acids is 6. The molecule has 194 valence electrons. The molecule has 12 nitrogen and oxygen atoms in total. The molecular formula is C22H38N4O8. The summed E-state index contributed by atoms with van der Waals surface area (Å²) in [5.74, 6) is -4.71. The molecule has 0 radical (unpaired) electrons. The van der Waals surface area contributed by atoms with E-state index in [2.05, 4.69) is 30.7 Å². The summed E-state index contributed by atoms with van der Waals surface area (Å²) in [6.07, 6.45) is 1.50.